The first-order valence-electron chi connectivity index (χ1n) is 22.4. The molecule has 28 nitrogen and oxygen atoms in total. The van der Waals surface area contributed by atoms with Crippen LogP contribution in [0.3, 0.4) is 0 Å². The molecule has 0 saturated carbocycles. The fraction of sp³-hybridized carbons (Fsp3) is 0.750. The summed E-state index contributed by atoms with van der Waals surface area (Å²) >= 11 is 0. The second-order valence-electron chi connectivity index (χ2n) is 17.0. The smallest absolute Gasteiger partial charge is 0.280 e. The molecule has 28 heteroatoms. The highest BCUT2D eigenvalue weighted by Gasteiger charge is 2.48. The second kappa shape index (κ2) is 24.5. The minimum absolute atomic E-state index is 0.0228. The zero-order chi connectivity index (χ0) is 50.0. The molecular weight excluding hydrogens is 908 g/mol. The lowest BCUT2D eigenvalue weighted by Crippen LogP contribution is -2.65. The van der Waals surface area contributed by atoms with Crippen LogP contribution in [0.15, 0.2) is 11.1 Å². The van der Waals surface area contributed by atoms with Gasteiger partial charge in [0.1, 0.15) is 73.1 Å². The van der Waals surface area contributed by atoms with E-state index < -0.39 is 146 Å². The number of nitrogens with zero attached hydrogens (tertiary/aromatic N) is 3. The molecular formula is C40H64N10O18. The normalized spacial score (nSPS) is 31.4. The Balaban J connectivity index is 1.18. The number of aromatic nitrogens is 4. The molecule has 3 saturated heterocycles. The molecule has 3 fully saturated rings. The number of aliphatic hydroxyl groups excluding tert-OH is 8. The van der Waals surface area contributed by atoms with Crippen molar-refractivity contribution in [3.05, 3.63) is 16.7 Å². The molecule has 2 aromatic heterocycles. The van der Waals surface area contributed by atoms with Gasteiger partial charge in [-0.2, -0.15) is 4.98 Å². The number of aromatic amines is 1. The van der Waals surface area contributed by atoms with Gasteiger partial charge in [-0.05, 0) is 32.6 Å². The van der Waals surface area contributed by atoms with Crippen molar-refractivity contribution >= 4 is 46.6 Å². The van der Waals surface area contributed by atoms with Crippen LogP contribution in [-0.4, -0.2) is 208 Å². The summed E-state index contributed by atoms with van der Waals surface area (Å²) in [5.41, 5.74) is 4.87. The number of amides is 5. The van der Waals surface area contributed by atoms with Crippen LogP contribution in [0.5, 0.6) is 0 Å². The number of unbranched alkanes of at least 4 members (excludes halogenated alkanes) is 3. The lowest BCUT2D eigenvalue weighted by molar-refractivity contribution is -0.279. The number of nitrogen functional groups attached to an aromatic ring is 1. The predicted molar refractivity (Wildman–Crippen MR) is 230 cm³/mol. The number of nitrogens with two attached hydrogens (primary N) is 1. The minimum Gasteiger partial charge on any atom is -0.394 e. The number of carbonyl (C=O) groups is 5. The molecule has 3 aliphatic heterocycles. The van der Waals surface area contributed by atoms with E-state index in [0.29, 0.717) is 6.42 Å². The number of rotatable bonds is 22. The first kappa shape index (κ1) is 54.0. The molecule has 16 N–H and O–H groups in total. The Hall–Kier alpha value is -4.98. The first-order chi connectivity index (χ1) is 32.3. The molecule has 5 heterocycles. The average molecular weight is 973 g/mol. The van der Waals surface area contributed by atoms with Crippen LogP contribution in [0.1, 0.15) is 71.9 Å². The molecule has 3 aliphatic rings. The lowest BCUT2D eigenvalue weighted by atomic mass is 9.95. The molecule has 0 radical (unpaired) electrons. The zero-order valence-corrected chi connectivity index (χ0v) is 37.7. The fourth-order valence-corrected chi connectivity index (χ4v) is 8.00. The number of hydrogen-bond donors (Lipinski definition) is 15. The number of anilines is 1. The van der Waals surface area contributed by atoms with E-state index in [2.05, 4.69) is 41.5 Å². The maximum absolute atomic E-state index is 13.6. The molecule has 68 heavy (non-hydrogen) atoms. The quantitative estimate of drug-likeness (QED) is 0.0488. The summed E-state index contributed by atoms with van der Waals surface area (Å²) < 4.78 is 24.1. The third-order valence-electron chi connectivity index (χ3n) is 11.9. The summed E-state index contributed by atoms with van der Waals surface area (Å²) in [6.07, 6.45) is -16.8. The molecule has 2 aromatic rings. The topological polar surface area (TPSA) is 434 Å². The predicted octanol–water partition coefficient (Wildman–Crippen LogP) is -6.90. The van der Waals surface area contributed by atoms with Crippen LogP contribution < -0.4 is 37.9 Å². The van der Waals surface area contributed by atoms with Crippen LogP contribution in [0.2, 0.25) is 0 Å². The van der Waals surface area contributed by atoms with Crippen LogP contribution >= 0.6 is 0 Å². The maximum atomic E-state index is 13.6. The second-order valence-corrected chi connectivity index (χ2v) is 17.0. The van der Waals surface area contributed by atoms with Gasteiger partial charge in [-0.25, -0.2) is 4.98 Å². The molecule has 0 aromatic carbocycles. The molecule has 0 aliphatic carbocycles. The fourth-order valence-electron chi connectivity index (χ4n) is 8.00. The van der Waals surface area contributed by atoms with Crippen molar-refractivity contribution in [1.82, 2.24) is 46.1 Å². The standard InChI is InChI=1S/C40H64N10O18/c1-4-5-6-10-19(67-39-23(46-17(3)52)28(57)27(56)21(14-51)68-39)35(62)42-11-8-7-9-18(47-37(64)32-30(59)29(58)25(54)16(2)65-32)34(61)44-13-22(53)43-12-20-26(55)31(60)38(66-20)50-15-45-24-33(50)48-40(41)49-36(24)63/h15-16,18-21,23,25-32,38-39,51,54-60H,4-14H2,1-3H3,(H,42,62)(H,43,53)(H,44,61)(H,46,52)(H,47,64)(H3,41,48,49,63)/t16-,18-,19?,20+,21+,23+,25+,26+,27+,28+,29+,30-,31+,32-,38+,39+/m0/s1. The molecule has 5 amide bonds. The summed E-state index contributed by atoms with van der Waals surface area (Å²) in [6, 6.07) is -2.66. The molecule has 0 spiro atoms. The van der Waals surface area contributed by atoms with Crippen molar-refractivity contribution in [2.45, 2.75) is 164 Å². The van der Waals surface area contributed by atoms with Gasteiger partial charge in [-0.1, -0.05) is 26.2 Å². The number of carbonyl (C=O) groups excluding carboxylic acids is 5. The Labute approximate surface area is 388 Å². The van der Waals surface area contributed by atoms with Crippen LogP contribution in [0.25, 0.3) is 11.2 Å². The van der Waals surface area contributed by atoms with Crippen molar-refractivity contribution in [1.29, 1.82) is 0 Å². The van der Waals surface area contributed by atoms with E-state index in [1.54, 1.807) is 0 Å². The van der Waals surface area contributed by atoms with Gasteiger partial charge < -0.3 is 92.1 Å². The van der Waals surface area contributed by atoms with Crippen molar-refractivity contribution in [3.63, 3.8) is 0 Å². The van der Waals surface area contributed by atoms with Gasteiger partial charge >= 0.3 is 0 Å². The van der Waals surface area contributed by atoms with E-state index in [9.17, 15) is 69.6 Å². The number of ether oxygens (including phenoxy) is 4. The van der Waals surface area contributed by atoms with Gasteiger partial charge in [-0.15, -0.1) is 0 Å². The van der Waals surface area contributed by atoms with E-state index >= 15 is 0 Å². The van der Waals surface area contributed by atoms with E-state index in [-0.39, 0.29) is 55.9 Å². The monoisotopic (exact) mass is 972 g/mol. The van der Waals surface area contributed by atoms with E-state index in [1.165, 1.54) is 18.4 Å². The van der Waals surface area contributed by atoms with Gasteiger partial charge in [0, 0.05) is 20.0 Å². The van der Waals surface area contributed by atoms with Crippen LogP contribution in [-0.2, 0) is 42.9 Å². The highest BCUT2D eigenvalue weighted by Crippen LogP contribution is 2.31. The number of nitrogens with one attached hydrogen (secondary N) is 6. The van der Waals surface area contributed by atoms with Crippen molar-refractivity contribution in [2.24, 2.45) is 0 Å². The Morgan fingerprint density at radius 2 is 1.56 bits per heavy atom. The number of imidazole rings is 1. The van der Waals surface area contributed by atoms with E-state index in [0.717, 1.165) is 19.2 Å². The molecule has 1 unspecified atom stereocenters. The van der Waals surface area contributed by atoms with Gasteiger partial charge in [0.2, 0.25) is 29.6 Å². The third-order valence-corrected chi connectivity index (χ3v) is 11.9. The highest BCUT2D eigenvalue weighted by molar-refractivity contribution is 5.92. The van der Waals surface area contributed by atoms with Crippen LogP contribution in [0.4, 0.5) is 5.95 Å². The highest BCUT2D eigenvalue weighted by atomic mass is 16.7. The van der Waals surface area contributed by atoms with Gasteiger partial charge in [-0.3, -0.25) is 38.3 Å². The summed E-state index contributed by atoms with van der Waals surface area (Å²) in [5, 5.41) is 95.8. The molecule has 0 bridgehead atoms. The zero-order valence-electron chi connectivity index (χ0n) is 37.7. The van der Waals surface area contributed by atoms with Gasteiger partial charge in [0.25, 0.3) is 11.5 Å². The number of H-pyrrole nitrogens is 1. The summed E-state index contributed by atoms with van der Waals surface area (Å²) in [5.74, 6) is -4.05. The van der Waals surface area contributed by atoms with Crippen molar-refractivity contribution in [3.8, 4) is 0 Å². The van der Waals surface area contributed by atoms with Crippen molar-refractivity contribution < 1.29 is 83.8 Å². The summed E-state index contributed by atoms with van der Waals surface area (Å²) in [6.45, 7) is 2.82. The Kier molecular flexibility index (Phi) is 19.5. The molecule has 5 rings (SSSR count). The molecule has 16 atom stereocenters. The first-order valence-corrected chi connectivity index (χ1v) is 22.4. The van der Waals surface area contributed by atoms with Crippen LogP contribution in [0, 0.1) is 0 Å². The number of hydrogen-bond acceptors (Lipinski definition) is 21. The largest absolute Gasteiger partial charge is 0.394 e. The number of aliphatic hydroxyl groups is 8. The Morgan fingerprint density at radius 1 is 0.853 bits per heavy atom. The SMILES string of the molecule is CCCCCC(O[C@@H]1O[C@H](CO)[C@@H](O)[C@H](O)[C@H]1NC(C)=O)C(=O)NCCCC[C@H](NC(=O)[C@H]1O[C@@H](C)[C@@H](O)[C@@H](O)[C@@H]1O)C(=O)NCC(=O)NC[C@H]1O[C@@H](n2cnc3c(=O)[nH]c(N)nc32)[C@H](O)[C@@H]1O. The van der Waals surface area contributed by atoms with E-state index in [1.807, 2.05) is 6.92 Å². The lowest BCUT2D eigenvalue weighted by Gasteiger charge is -2.43. The summed E-state index contributed by atoms with van der Waals surface area (Å²) in [7, 11) is 0. The minimum atomic E-state index is -1.87. The number of fused-ring (bicyclic) bond motifs is 1. The van der Waals surface area contributed by atoms with Gasteiger partial charge in [0.15, 0.2) is 29.8 Å². The molecule has 382 valence electrons. The van der Waals surface area contributed by atoms with Crippen molar-refractivity contribution in [2.75, 3.05) is 32.0 Å². The maximum Gasteiger partial charge on any atom is 0.280 e. The summed E-state index contributed by atoms with van der Waals surface area (Å²) in [4.78, 5) is 87.8. The Bertz CT molecular complexity index is 2100. The Morgan fingerprint density at radius 3 is 2.25 bits per heavy atom. The van der Waals surface area contributed by atoms with E-state index in [4.69, 9.17) is 24.7 Å². The average Bonchev–Trinajstić information content (AvgIpc) is 3.85. The third kappa shape index (κ3) is 13.2. The van der Waals surface area contributed by atoms with Gasteiger partial charge in [0.05, 0.1) is 25.6 Å².